The molecule has 142 valence electrons. The van der Waals surface area contributed by atoms with Gasteiger partial charge >= 0.3 is 6.03 Å². The van der Waals surface area contributed by atoms with Crippen LogP contribution in [0.5, 0.6) is 0 Å². The number of nitrogens with one attached hydrogen (secondary N) is 1. The van der Waals surface area contributed by atoms with Crippen molar-refractivity contribution in [3.63, 3.8) is 0 Å². The normalized spacial score (nSPS) is 16.0. The molecule has 0 radical (unpaired) electrons. The van der Waals surface area contributed by atoms with Gasteiger partial charge in [-0.2, -0.15) is 0 Å². The van der Waals surface area contributed by atoms with E-state index in [0.717, 1.165) is 24.0 Å². The summed E-state index contributed by atoms with van der Waals surface area (Å²) in [4.78, 5) is 25.3. The predicted molar refractivity (Wildman–Crippen MR) is 103 cm³/mol. The Bertz CT molecular complexity index is 769. The Morgan fingerprint density at radius 3 is 2.30 bits per heavy atom. The van der Waals surface area contributed by atoms with Crippen molar-refractivity contribution in [2.45, 2.75) is 25.5 Å². The maximum Gasteiger partial charge on any atom is 0.312 e. The monoisotopic (exact) mass is 367 g/mol. The van der Waals surface area contributed by atoms with Gasteiger partial charge in [0.1, 0.15) is 0 Å². The van der Waals surface area contributed by atoms with Crippen LogP contribution in [0, 0.1) is 5.92 Å². The summed E-state index contributed by atoms with van der Waals surface area (Å²) in [6.07, 6.45) is 1.07. The van der Waals surface area contributed by atoms with Crippen molar-refractivity contribution in [3.05, 3.63) is 71.3 Å². The number of primary amides is 1. The van der Waals surface area contributed by atoms with Crippen LogP contribution in [0.25, 0.3) is 0 Å². The second kappa shape index (κ2) is 8.68. The lowest BCUT2D eigenvalue weighted by Crippen LogP contribution is -2.39. The number of rotatable bonds is 5. The van der Waals surface area contributed by atoms with Crippen molar-refractivity contribution in [2.75, 3.05) is 13.1 Å². The van der Waals surface area contributed by atoms with Crippen LogP contribution in [0.2, 0.25) is 0 Å². The van der Waals surface area contributed by atoms with Gasteiger partial charge in [0.05, 0.1) is 6.10 Å². The summed E-state index contributed by atoms with van der Waals surface area (Å²) in [5.74, 6) is 0.163. The number of hydrogen-bond acceptors (Lipinski definition) is 3. The van der Waals surface area contributed by atoms with Crippen molar-refractivity contribution in [2.24, 2.45) is 11.7 Å². The molecule has 0 aromatic heterocycles. The summed E-state index contributed by atoms with van der Waals surface area (Å²) < 4.78 is 0. The molecule has 2 aromatic carbocycles. The fraction of sp³-hybridized carbons (Fsp3) is 0.333. The first-order valence-corrected chi connectivity index (χ1v) is 9.19. The first-order chi connectivity index (χ1) is 13.0. The average molecular weight is 367 g/mol. The van der Waals surface area contributed by atoms with E-state index in [1.807, 2.05) is 47.4 Å². The first-order valence-electron chi connectivity index (χ1n) is 9.19. The zero-order valence-electron chi connectivity index (χ0n) is 15.2. The van der Waals surface area contributed by atoms with Gasteiger partial charge in [-0.15, -0.1) is 0 Å². The SMILES string of the molecule is NC(=O)NCc1ccc(C(=O)N2CCC([C@H](O)c3ccccc3)CC2)cc1. The Labute approximate surface area is 159 Å². The number of nitrogens with two attached hydrogens (primary N) is 1. The summed E-state index contributed by atoms with van der Waals surface area (Å²) in [6, 6.07) is 16.3. The molecule has 1 heterocycles. The van der Waals surface area contributed by atoms with E-state index in [-0.39, 0.29) is 11.8 Å². The van der Waals surface area contributed by atoms with Crippen molar-refractivity contribution in [1.82, 2.24) is 10.2 Å². The molecule has 6 heteroatoms. The number of nitrogens with zero attached hydrogens (tertiary/aromatic N) is 1. The summed E-state index contributed by atoms with van der Waals surface area (Å²) in [5, 5.41) is 13.1. The van der Waals surface area contributed by atoms with E-state index in [0.29, 0.717) is 25.2 Å². The van der Waals surface area contributed by atoms with Crippen LogP contribution in [0.15, 0.2) is 54.6 Å². The maximum absolute atomic E-state index is 12.7. The number of aliphatic hydroxyl groups is 1. The lowest BCUT2D eigenvalue weighted by molar-refractivity contribution is 0.0462. The van der Waals surface area contributed by atoms with Crippen LogP contribution < -0.4 is 11.1 Å². The van der Waals surface area contributed by atoms with Crippen LogP contribution in [0.1, 0.15) is 40.4 Å². The van der Waals surface area contributed by atoms with Crippen molar-refractivity contribution >= 4 is 11.9 Å². The Balaban J connectivity index is 1.54. The number of urea groups is 1. The summed E-state index contributed by atoms with van der Waals surface area (Å²) in [5.41, 5.74) is 7.50. The maximum atomic E-state index is 12.7. The summed E-state index contributed by atoms with van der Waals surface area (Å²) in [6.45, 7) is 1.61. The van der Waals surface area contributed by atoms with Crippen molar-refractivity contribution in [3.8, 4) is 0 Å². The molecule has 0 aliphatic carbocycles. The second-order valence-electron chi connectivity index (χ2n) is 6.90. The third-order valence-electron chi connectivity index (χ3n) is 5.08. The molecule has 3 amide bonds. The number of aliphatic hydroxyl groups excluding tert-OH is 1. The fourth-order valence-corrected chi connectivity index (χ4v) is 3.48. The molecule has 1 saturated heterocycles. The van der Waals surface area contributed by atoms with E-state index in [1.54, 1.807) is 12.1 Å². The van der Waals surface area contributed by atoms with E-state index >= 15 is 0 Å². The number of amides is 3. The molecular formula is C21H25N3O3. The molecule has 1 aliphatic rings. The minimum atomic E-state index is -0.573. The number of hydrogen-bond donors (Lipinski definition) is 3. The first kappa shape index (κ1) is 18.9. The zero-order valence-corrected chi connectivity index (χ0v) is 15.2. The molecule has 27 heavy (non-hydrogen) atoms. The number of carbonyl (C=O) groups excluding carboxylic acids is 2. The molecule has 0 bridgehead atoms. The van der Waals surface area contributed by atoms with Gasteiger partial charge in [-0.25, -0.2) is 4.79 Å². The lowest BCUT2D eigenvalue weighted by atomic mass is 9.87. The standard InChI is InChI=1S/C21H25N3O3/c22-21(27)23-14-15-6-8-18(9-7-15)20(26)24-12-10-17(11-13-24)19(25)16-4-2-1-3-5-16/h1-9,17,19,25H,10-14H2,(H3,22,23,27)/t19-/m1/s1. The highest BCUT2D eigenvalue weighted by Gasteiger charge is 2.28. The van der Waals surface area contributed by atoms with Gasteiger partial charge in [-0.3, -0.25) is 4.79 Å². The highest BCUT2D eigenvalue weighted by Crippen LogP contribution is 2.31. The van der Waals surface area contributed by atoms with E-state index in [1.165, 1.54) is 0 Å². The molecule has 1 aliphatic heterocycles. The number of carbonyl (C=O) groups is 2. The Morgan fingerprint density at radius 2 is 1.70 bits per heavy atom. The van der Waals surface area contributed by atoms with Gasteiger partial charge in [0.2, 0.25) is 0 Å². The number of piperidine rings is 1. The molecule has 0 spiro atoms. The molecule has 3 rings (SSSR count). The molecule has 0 saturated carbocycles. The van der Waals surface area contributed by atoms with Crippen LogP contribution in [0.3, 0.4) is 0 Å². The third-order valence-corrected chi connectivity index (χ3v) is 5.08. The number of benzene rings is 2. The average Bonchev–Trinajstić information content (AvgIpc) is 2.72. The summed E-state index contributed by atoms with van der Waals surface area (Å²) in [7, 11) is 0. The van der Waals surface area contributed by atoms with Gasteiger partial charge < -0.3 is 21.1 Å². The highest BCUT2D eigenvalue weighted by atomic mass is 16.3. The van der Waals surface area contributed by atoms with Crippen LogP contribution in [-0.2, 0) is 6.54 Å². The van der Waals surface area contributed by atoms with Gasteiger partial charge in [0.15, 0.2) is 0 Å². The van der Waals surface area contributed by atoms with Gasteiger partial charge in [0, 0.05) is 25.2 Å². The molecule has 0 unspecified atom stereocenters. The minimum absolute atomic E-state index is 0.00272. The van der Waals surface area contributed by atoms with Crippen LogP contribution in [0.4, 0.5) is 4.79 Å². The Kier molecular flexibility index (Phi) is 6.08. The van der Waals surface area contributed by atoms with Crippen molar-refractivity contribution < 1.29 is 14.7 Å². The van der Waals surface area contributed by atoms with Crippen LogP contribution >= 0.6 is 0 Å². The van der Waals surface area contributed by atoms with E-state index < -0.39 is 12.1 Å². The molecule has 6 nitrogen and oxygen atoms in total. The third kappa shape index (κ3) is 4.86. The van der Waals surface area contributed by atoms with Crippen molar-refractivity contribution in [1.29, 1.82) is 0 Å². The molecule has 1 fully saturated rings. The van der Waals surface area contributed by atoms with Gasteiger partial charge in [0.25, 0.3) is 5.91 Å². The van der Waals surface area contributed by atoms with Gasteiger partial charge in [-0.05, 0) is 42.0 Å². The zero-order chi connectivity index (χ0) is 19.2. The molecule has 4 N–H and O–H groups in total. The number of likely N-dealkylation sites (tertiary alicyclic amines) is 1. The minimum Gasteiger partial charge on any atom is -0.388 e. The van der Waals surface area contributed by atoms with E-state index in [2.05, 4.69) is 5.32 Å². The molecular weight excluding hydrogens is 342 g/mol. The smallest absolute Gasteiger partial charge is 0.312 e. The largest absolute Gasteiger partial charge is 0.388 e. The van der Waals surface area contributed by atoms with E-state index in [9.17, 15) is 14.7 Å². The quantitative estimate of drug-likeness (QED) is 0.757. The summed E-state index contributed by atoms with van der Waals surface area (Å²) >= 11 is 0. The molecule has 1 atom stereocenters. The lowest BCUT2D eigenvalue weighted by Gasteiger charge is -2.34. The Morgan fingerprint density at radius 1 is 1.07 bits per heavy atom. The predicted octanol–water partition coefficient (Wildman–Crippen LogP) is 2.44. The van der Waals surface area contributed by atoms with Crippen LogP contribution in [-0.4, -0.2) is 35.0 Å². The topological polar surface area (TPSA) is 95.7 Å². The Hall–Kier alpha value is -2.86. The van der Waals surface area contributed by atoms with E-state index in [4.69, 9.17) is 5.73 Å². The molecule has 2 aromatic rings. The second-order valence-corrected chi connectivity index (χ2v) is 6.90. The highest BCUT2D eigenvalue weighted by molar-refractivity contribution is 5.94. The fourth-order valence-electron chi connectivity index (χ4n) is 3.48. The van der Waals surface area contributed by atoms with Gasteiger partial charge in [-0.1, -0.05) is 42.5 Å².